The maximum atomic E-state index is 12.1. The van der Waals surface area contributed by atoms with Crippen LogP contribution in [-0.4, -0.2) is 35.1 Å². The fraction of sp³-hybridized carbons (Fsp3) is 0.286. The molecular formula is C14H14Br2N2O4. The van der Waals surface area contributed by atoms with Crippen molar-refractivity contribution >= 4 is 49.9 Å². The molecule has 6 nitrogen and oxygen atoms in total. The number of urea groups is 1. The first-order chi connectivity index (χ1) is 10.4. The minimum atomic E-state index is -0.447. The molecule has 1 heterocycles. The number of amides is 3. The van der Waals surface area contributed by atoms with Crippen molar-refractivity contribution in [2.45, 2.75) is 13.8 Å². The summed E-state index contributed by atoms with van der Waals surface area (Å²) in [6, 6.07) is 1.15. The van der Waals surface area contributed by atoms with Crippen molar-refractivity contribution in [3.63, 3.8) is 0 Å². The number of nitrogens with one attached hydrogen (secondary N) is 1. The summed E-state index contributed by atoms with van der Waals surface area (Å²) >= 11 is 6.61. The Kier molecular flexibility index (Phi) is 5.12. The first-order valence-electron chi connectivity index (χ1n) is 6.58. The van der Waals surface area contributed by atoms with Crippen LogP contribution in [0.25, 0.3) is 6.08 Å². The van der Waals surface area contributed by atoms with Crippen molar-refractivity contribution in [1.29, 1.82) is 0 Å². The summed E-state index contributed by atoms with van der Waals surface area (Å²) in [6.45, 7) is 4.21. The highest BCUT2D eigenvalue weighted by Crippen LogP contribution is 2.42. The van der Waals surface area contributed by atoms with E-state index in [0.29, 0.717) is 27.7 Å². The molecule has 0 unspecified atom stereocenters. The molecule has 8 heteroatoms. The Morgan fingerprint density at radius 1 is 1.32 bits per heavy atom. The molecule has 1 aliphatic rings. The number of hydrogen-bond acceptors (Lipinski definition) is 4. The average Bonchev–Trinajstić information content (AvgIpc) is 2.75. The molecule has 118 valence electrons. The van der Waals surface area contributed by atoms with E-state index in [0.717, 1.165) is 4.90 Å². The maximum Gasteiger partial charge on any atom is 0.328 e. The fourth-order valence-electron chi connectivity index (χ4n) is 2.00. The summed E-state index contributed by atoms with van der Waals surface area (Å²) in [5.41, 5.74) is 0.766. The molecule has 0 aliphatic carbocycles. The first-order valence-corrected chi connectivity index (χ1v) is 8.17. The monoisotopic (exact) mass is 432 g/mol. The van der Waals surface area contributed by atoms with Crippen LogP contribution < -0.4 is 10.1 Å². The minimum absolute atomic E-state index is 0.0344. The number of phenols is 1. The van der Waals surface area contributed by atoms with Crippen LogP contribution in [-0.2, 0) is 4.79 Å². The Balaban J connectivity index is 2.48. The number of carbonyl (C=O) groups excluding carboxylic acids is 2. The van der Waals surface area contributed by atoms with Gasteiger partial charge in [-0.2, -0.15) is 0 Å². The van der Waals surface area contributed by atoms with Gasteiger partial charge < -0.3 is 15.2 Å². The topological polar surface area (TPSA) is 78.9 Å². The molecule has 2 N–H and O–H groups in total. The number of aromatic hydroxyl groups is 1. The van der Waals surface area contributed by atoms with E-state index in [1.807, 2.05) is 0 Å². The van der Waals surface area contributed by atoms with Crippen molar-refractivity contribution in [2.75, 3.05) is 13.2 Å². The molecule has 0 radical (unpaired) electrons. The van der Waals surface area contributed by atoms with Gasteiger partial charge in [-0.3, -0.25) is 9.69 Å². The molecule has 1 saturated heterocycles. The number of likely N-dealkylation sites (N-methyl/N-ethyl adjacent to an activating group) is 1. The summed E-state index contributed by atoms with van der Waals surface area (Å²) < 4.78 is 6.32. The zero-order valence-corrected chi connectivity index (χ0v) is 15.1. The number of hydrogen-bond donors (Lipinski definition) is 2. The number of ether oxygens (including phenoxy) is 1. The standard InChI is InChI=1S/C14H14Br2N2O4/c1-3-18-13(20)8(17-14(18)21)5-7-6-9(22-4-2)12(19)11(16)10(7)15/h5-6,19H,3-4H2,1-2H3,(H,17,21)/b8-5+. The second-order valence-corrected chi connectivity index (χ2v) is 6.00. The molecular weight excluding hydrogens is 420 g/mol. The van der Waals surface area contributed by atoms with Crippen LogP contribution in [0.4, 0.5) is 4.79 Å². The lowest BCUT2D eigenvalue weighted by molar-refractivity contribution is -0.122. The maximum absolute atomic E-state index is 12.1. The van der Waals surface area contributed by atoms with E-state index >= 15 is 0 Å². The molecule has 0 bridgehead atoms. The number of rotatable bonds is 4. The lowest BCUT2D eigenvalue weighted by atomic mass is 10.1. The van der Waals surface area contributed by atoms with Gasteiger partial charge >= 0.3 is 6.03 Å². The zero-order valence-electron chi connectivity index (χ0n) is 11.9. The van der Waals surface area contributed by atoms with Crippen molar-refractivity contribution in [1.82, 2.24) is 10.2 Å². The number of halogens is 2. The van der Waals surface area contributed by atoms with Gasteiger partial charge in [-0.25, -0.2) is 4.79 Å². The van der Waals surface area contributed by atoms with Crippen molar-refractivity contribution < 1.29 is 19.4 Å². The van der Waals surface area contributed by atoms with Gasteiger partial charge in [-0.1, -0.05) is 0 Å². The summed E-state index contributed by atoms with van der Waals surface area (Å²) in [4.78, 5) is 24.9. The lowest BCUT2D eigenvalue weighted by Crippen LogP contribution is -2.30. The van der Waals surface area contributed by atoms with Crippen molar-refractivity contribution in [3.8, 4) is 11.5 Å². The third kappa shape index (κ3) is 2.98. The molecule has 3 amide bonds. The summed E-state index contributed by atoms with van der Waals surface area (Å²) in [5, 5.41) is 12.5. The van der Waals surface area contributed by atoms with Crippen LogP contribution in [0.5, 0.6) is 11.5 Å². The van der Waals surface area contributed by atoms with Gasteiger partial charge in [0.25, 0.3) is 5.91 Å². The highest BCUT2D eigenvalue weighted by Gasteiger charge is 2.32. The quantitative estimate of drug-likeness (QED) is 0.564. The Morgan fingerprint density at radius 3 is 2.55 bits per heavy atom. The second-order valence-electron chi connectivity index (χ2n) is 4.41. The van der Waals surface area contributed by atoms with E-state index in [9.17, 15) is 14.7 Å². The van der Waals surface area contributed by atoms with Gasteiger partial charge in [0, 0.05) is 11.0 Å². The predicted molar refractivity (Wildman–Crippen MR) is 88.6 cm³/mol. The minimum Gasteiger partial charge on any atom is -0.503 e. The number of phenolic OH excluding ortho intramolecular Hbond substituents is 1. The van der Waals surface area contributed by atoms with Crippen molar-refractivity contribution in [3.05, 3.63) is 26.3 Å². The van der Waals surface area contributed by atoms with Gasteiger partial charge in [-0.05, 0) is 63.4 Å². The van der Waals surface area contributed by atoms with Gasteiger partial charge in [0.2, 0.25) is 0 Å². The van der Waals surface area contributed by atoms with Crippen LogP contribution >= 0.6 is 31.9 Å². The largest absolute Gasteiger partial charge is 0.503 e. The van der Waals surface area contributed by atoms with Gasteiger partial charge in [0.05, 0.1) is 11.1 Å². The zero-order chi connectivity index (χ0) is 16.4. The Bertz CT molecular complexity index is 673. The summed E-state index contributed by atoms with van der Waals surface area (Å²) in [7, 11) is 0. The first kappa shape index (κ1) is 16.8. The molecule has 1 fully saturated rings. The molecule has 0 saturated carbocycles. The van der Waals surface area contributed by atoms with Crippen LogP contribution in [0.15, 0.2) is 20.7 Å². The highest BCUT2D eigenvalue weighted by molar-refractivity contribution is 9.13. The Hall–Kier alpha value is -1.54. The van der Waals surface area contributed by atoms with Gasteiger partial charge in [-0.15, -0.1) is 0 Å². The molecule has 0 spiro atoms. The molecule has 1 aromatic rings. The Labute approximate surface area is 144 Å². The van der Waals surface area contributed by atoms with E-state index in [4.69, 9.17) is 4.74 Å². The van der Waals surface area contributed by atoms with Crippen molar-refractivity contribution in [2.24, 2.45) is 0 Å². The van der Waals surface area contributed by atoms with Crippen LogP contribution in [0.3, 0.4) is 0 Å². The molecule has 0 aromatic heterocycles. The molecule has 0 atom stereocenters. The Morgan fingerprint density at radius 2 is 2.00 bits per heavy atom. The lowest BCUT2D eigenvalue weighted by Gasteiger charge is -2.11. The molecule has 22 heavy (non-hydrogen) atoms. The van der Waals surface area contributed by atoms with E-state index in [1.54, 1.807) is 19.9 Å². The third-order valence-corrected chi connectivity index (χ3v) is 5.21. The number of nitrogens with zero attached hydrogens (tertiary/aromatic N) is 1. The number of carbonyl (C=O) groups is 2. The SMILES string of the molecule is CCOc1cc(/C=C2/NC(=O)N(CC)C2=O)c(Br)c(Br)c1O. The fourth-order valence-corrected chi connectivity index (χ4v) is 2.84. The van der Waals surface area contributed by atoms with Crippen LogP contribution in [0.2, 0.25) is 0 Å². The molecule has 1 aromatic carbocycles. The third-order valence-electron chi connectivity index (χ3n) is 3.05. The smallest absolute Gasteiger partial charge is 0.328 e. The van der Waals surface area contributed by atoms with E-state index in [1.165, 1.54) is 6.08 Å². The summed E-state index contributed by atoms with van der Waals surface area (Å²) in [5.74, 6) is -0.136. The van der Waals surface area contributed by atoms with Crippen LogP contribution in [0.1, 0.15) is 19.4 Å². The highest BCUT2D eigenvalue weighted by atomic mass is 79.9. The van der Waals surface area contributed by atoms with Crippen LogP contribution in [0, 0.1) is 0 Å². The average molecular weight is 434 g/mol. The number of benzene rings is 1. The second kappa shape index (κ2) is 6.70. The van der Waals surface area contributed by atoms with E-state index in [2.05, 4.69) is 37.2 Å². The normalized spacial score (nSPS) is 16.4. The van der Waals surface area contributed by atoms with E-state index < -0.39 is 6.03 Å². The van der Waals surface area contributed by atoms with Gasteiger partial charge in [0.1, 0.15) is 5.70 Å². The molecule has 2 rings (SSSR count). The predicted octanol–water partition coefficient (Wildman–Crippen LogP) is 3.23. The van der Waals surface area contributed by atoms with E-state index in [-0.39, 0.29) is 23.1 Å². The summed E-state index contributed by atoms with van der Waals surface area (Å²) in [6.07, 6.45) is 1.53. The van der Waals surface area contributed by atoms with Gasteiger partial charge in [0.15, 0.2) is 11.5 Å². The number of imide groups is 1. The molecule has 1 aliphatic heterocycles.